The summed E-state index contributed by atoms with van der Waals surface area (Å²) in [5, 5.41) is 8.68. The van der Waals surface area contributed by atoms with Gasteiger partial charge in [-0.1, -0.05) is 6.42 Å². The van der Waals surface area contributed by atoms with Crippen molar-refractivity contribution < 1.29 is 13.2 Å². The molecule has 0 spiro atoms. The quantitative estimate of drug-likeness (QED) is 0.534. The van der Waals surface area contributed by atoms with E-state index in [1.807, 2.05) is 29.8 Å². The van der Waals surface area contributed by atoms with Crippen molar-refractivity contribution in [2.24, 2.45) is 0 Å². The number of piperazine rings is 1. The Bertz CT molecular complexity index is 1280. The SMILES string of the molecule is Cc1nccn1-c1ccc(N2CCN(C(=O)c3ccc(S(=O)(=O)N4CCCCC4)cc3)CC2)nn1. The molecule has 5 rings (SSSR count). The fourth-order valence-electron chi connectivity index (χ4n) is 4.58. The van der Waals surface area contributed by atoms with Crippen LogP contribution in [0.1, 0.15) is 35.4 Å². The number of aryl methyl sites for hydroxylation is 1. The summed E-state index contributed by atoms with van der Waals surface area (Å²) in [5.74, 6) is 2.23. The number of carbonyl (C=O) groups is 1. The zero-order valence-corrected chi connectivity index (χ0v) is 20.6. The first-order chi connectivity index (χ1) is 16.9. The minimum atomic E-state index is -3.50. The van der Waals surface area contributed by atoms with Crippen LogP contribution in [-0.4, -0.2) is 82.5 Å². The van der Waals surface area contributed by atoms with Gasteiger partial charge in [0.15, 0.2) is 11.6 Å². The molecule has 0 radical (unpaired) electrons. The topological polar surface area (TPSA) is 105 Å². The Labute approximate surface area is 205 Å². The van der Waals surface area contributed by atoms with Crippen molar-refractivity contribution in [1.29, 1.82) is 0 Å². The number of amides is 1. The minimum absolute atomic E-state index is 0.0939. The molecule has 184 valence electrons. The molecular formula is C24H29N7O3S. The molecule has 2 aliphatic rings. The standard InChI is InChI=1S/C24H29N7O3S/c1-19-25-11-14-31(19)23-10-9-22(26-27-23)28-15-17-29(18-16-28)24(32)20-5-7-21(8-6-20)35(33,34)30-12-3-2-4-13-30/h5-11,14H,2-4,12-13,15-18H2,1H3. The van der Waals surface area contributed by atoms with Gasteiger partial charge in [-0.25, -0.2) is 13.4 Å². The summed E-state index contributed by atoms with van der Waals surface area (Å²) in [5.41, 5.74) is 0.496. The van der Waals surface area contributed by atoms with E-state index in [1.54, 1.807) is 39.7 Å². The molecule has 0 unspecified atom stereocenters. The van der Waals surface area contributed by atoms with E-state index in [1.165, 1.54) is 0 Å². The Hall–Kier alpha value is -3.31. The van der Waals surface area contributed by atoms with Crippen molar-refractivity contribution >= 4 is 21.7 Å². The molecule has 0 saturated carbocycles. The van der Waals surface area contributed by atoms with Crippen LogP contribution < -0.4 is 4.90 Å². The molecule has 0 bridgehead atoms. The van der Waals surface area contributed by atoms with E-state index in [2.05, 4.69) is 20.1 Å². The molecule has 11 heteroatoms. The lowest BCUT2D eigenvalue weighted by Crippen LogP contribution is -2.49. The van der Waals surface area contributed by atoms with E-state index in [-0.39, 0.29) is 10.8 Å². The summed E-state index contributed by atoms with van der Waals surface area (Å²) >= 11 is 0. The highest BCUT2D eigenvalue weighted by Crippen LogP contribution is 2.22. The van der Waals surface area contributed by atoms with Crippen LogP contribution in [0.15, 0.2) is 53.7 Å². The van der Waals surface area contributed by atoms with Gasteiger partial charge in [-0.15, -0.1) is 10.2 Å². The molecule has 1 amide bonds. The second-order valence-corrected chi connectivity index (χ2v) is 10.8. The van der Waals surface area contributed by atoms with E-state index in [0.717, 1.165) is 30.9 Å². The fraction of sp³-hybridized carbons (Fsp3) is 0.417. The van der Waals surface area contributed by atoms with E-state index >= 15 is 0 Å². The maximum absolute atomic E-state index is 13.0. The molecule has 3 aromatic rings. The molecule has 0 atom stereocenters. The maximum Gasteiger partial charge on any atom is 0.253 e. The Kier molecular flexibility index (Phi) is 6.52. The Morgan fingerprint density at radius 2 is 1.49 bits per heavy atom. The molecule has 0 N–H and O–H groups in total. The molecule has 1 aromatic carbocycles. The molecule has 10 nitrogen and oxygen atoms in total. The predicted molar refractivity (Wildman–Crippen MR) is 131 cm³/mol. The van der Waals surface area contributed by atoms with Crippen molar-refractivity contribution in [3.63, 3.8) is 0 Å². The maximum atomic E-state index is 13.0. The van der Waals surface area contributed by atoms with Crippen molar-refractivity contribution in [2.75, 3.05) is 44.2 Å². The molecule has 0 aliphatic carbocycles. The van der Waals surface area contributed by atoms with Gasteiger partial charge in [-0.2, -0.15) is 4.31 Å². The van der Waals surface area contributed by atoms with Gasteiger partial charge in [0, 0.05) is 57.2 Å². The summed E-state index contributed by atoms with van der Waals surface area (Å²) in [6, 6.07) is 10.2. The molecule has 4 heterocycles. The second kappa shape index (κ2) is 9.74. The van der Waals surface area contributed by atoms with Gasteiger partial charge in [0.1, 0.15) is 5.82 Å². The van der Waals surface area contributed by atoms with Crippen LogP contribution in [-0.2, 0) is 10.0 Å². The fourth-order valence-corrected chi connectivity index (χ4v) is 6.10. The number of hydrogen-bond acceptors (Lipinski definition) is 7. The highest BCUT2D eigenvalue weighted by atomic mass is 32.2. The molecule has 2 aromatic heterocycles. The number of imidazole rings is 1. The number of hydrogen-bond donors (Lipinski definition) is 0. The Morgan fingerprint density at radius 1 is 0.829 bits per heavy atom. The molecule has 2 saturated heterocycles. The summed E-state index contributed by atoms with van der Waals surface area (Å²) in [6.07, 6.45) is 6.42. The van der Waals surface area contributed by atoms with Gasteiger partial charge in [0.2, 0.25) is 10.0 Å². The number of piperidine rings is 1. The number of benzene rings is 1. The van der Waals surface area contributed by atoms with Crippen LogP contribution in [0, 0.1) is 6.92 Å². The molecule has 2 aliphatic heterocycles. The molecule has 35 heavy (non-hydrogen) atoms. The lowest BCUT2D eigenvalue weighted by molar-refractivity contribution is 0.0746. The van der Waals surface area contributed by atoms with E-state index in [9.17, 15) is 13.2 Å². The van der Waals surface area contributed by atoms with Gasteiger partial charge in [0.05, 0.1) is 4.90 Å². The number of rotatable bonds is 5. The van der Waals surface area contributed by atoms with Crippen LogP contribution in [0.3, 0.4) is 0 Å². The Morgan fingerprint density at radius 3 is 2.09 bits per heavy atom. The third-order valence-corrected chi connectivity index (χ3v) is 8.57. The van der Waals surface area contributed by atoms with Gasteiger partial charge in [-0.05, 0) is 56.2 Å². The zero-order valence-electron chi connectivity index (χ0n) is 19.7. The smallest absolute Gasteiger partial charge is 0.253 e. The number of sulfonamides is 1. The lowest BCUT2D eigenvalue weighted by Gasteiger charge is -2.35. The second-order valence-electron chi connectivity index (χ2n) is 8.86. The monoisotopic (exact) mass is 495 g/mol. The average Bonchev–Trinajstić information content (AvgIpc) is 3.35. The van der Waals surface area contributed by atoms with Crippen LogP contribution in [0.2, 0.25) is 0 Å². The first kappa shape index (κ1) is 23.4. The van der Waals surface area contributed by atoms with Gasteiger partial charge >= 0.3 is 0 Å². The first-order valence-corrected chi connectivity index (χ1v) is 13.4. The van der Waals surface area contributed by atoms with Crippen LogP contribution in [0.4, 0.5) is 5.82 Å². The van der Waals surface area contributed by atoms with Crippen LogP contribution >= 0.6 is 0 Å². The summed E-state index contributed by atoms with van der Waals surface area (Å²) in [7, 11) is -3.50. The highest BCUT2D eigenvalue weighted by molar-refractivity contribution is 7.89. The van der Waals surface area contributed by atoms with Crippen molar-refractivity contribution in [3.05, 3.63) is 60.2 Å². The van der Waals surface area contributed by atoms with Gasteiger partial charge in [-0.3, -0.25) is 9.36 Å². The highest BCUT2D eigenvalue weighted by Gasteiger charge is 2.27. The Balaban J connectivity index is 1.19. The largest absolute Gasteiger partial charge is 0.352 e. The molecular weight excluding hydrogens is 466 g/mol. The first-order valence-electron chi connectivity index (χ1n) is 11.9. The third-order valence-electron chi connectivity index (χ3n) is 6.65. The number of carbonyl (C=O) groups excluding carboxylic acids is 1. The predicted octanol–water partition coefficient (Wildman–Crippen LogP) is 2.11. The van der Waals surface area contributed by atoms with E-state index in [0.29, 0.717) is 50.6 Å². The van der Waals surface area contributed by atoms with Crippen molar-refractivity contribution in [3.8, 4) is 5.82 Å². The number of anilines is 1. The summed E-state index contributed by atoms with van der Waals surface area (Å²) < 4.78 is 29.1. The number of aromatic nitrogens is 4. The van der Waals surface area contributed by atoms with E-state index < -0.39 is 10.0 Å². The minimum Gasteiger partial charge on any atom is -0.352 e. The summed E-state index contributed by atoms with van der Waals surface area (Å²) in [6.45, 7) is 5.42. The summed E-state index contributed by atoms with van der Waals surface area (Å²) in [4.78, 5) is 21.4. The van der Waals surface area contributed by atoms with Crippen molar-refractivity contribution in [1.82, 2.24) is 29.0 Å². The normalized spacial score (nSPS) is 17.5. The van der Waals surface area contributed by atoms with Gasteiger partial charge < -0.3 is 9.80 Å². The average molecular weight is 496 g/mol. The zero-order chi connectivity index (χ0) is 24.4. The van der Waals surface area contributed by atoms with Gasteiger partial charge in [0.25, 0.3) is 5.91 Å². The third kappa shape index (κ3) is 4.78. The number of nitrogens with zero attached hydrogens (tertiary/aromatic N) is 7. The lowest BCUT2D eigenvalue weighted by atomic mass is 10.2. The van der Waals surface area contributed by atoms with Crippen LogP contribution in [0.5, 0.6) is 0 Å². The van der Waals surface area contributed by atoms with Crippen LogP contribution in [0.25, 0.3) is 5.82 Å². The van der Waals surface area contributed by atoms with E-state index in [4.69, 9.17) is 0 Å². The van der Waals surface area contributed by atoms with Crippen molar-refractivity contribution in [2.45, 2.75) is 31.1 Å². The molecule has 2 fully saturated rings.